The molecule has 3 nitrogen and oxygen atoms in total. The zero-order valence-corrected chi connectivity index (χ0v) is 11.4. The smallest absolute Gasteiger partial charge is 0.252 e. The van der Waals surface area contributed by atoms with Gasteiger partial charge in [0.1, 0.15) is 5.82 Å². The van der Waals surface area contributed by atoms with E-state index in [2.05, 4.69) is 21.2 Å². The fourth-order valence-corrected chi connectivity index (χ4v) is 1.80. The molecule has 0 saturated carbocycles. The highest BCUT2D eigenvalue weighted by Crippen LogP contribution is 2.17. The topological polar surface area (TPSA) is 38.3 Å². The first-order valence-corrected chi connectivity index (χ1v) is 6.06. The quantitative estimate of drug-likeness (QED) is 0.908. The van der Waals surface area contributed by atoms with Gasteiger partial charge in [0.05, 0.1) is 12.2 Å². The van der Waals surface area contributed by atoms with Crippen molar-refractivity contribution in [2.24, 2.45) is 5.92 Å². The summed E-state index contributed by atoms with van der Waals surface area (Å²) in [4.78, 5) is 11.8. The molecule has 1 atom stereocenters. The van der Waals surface area contributed by atoms with E-state index in [4.69, 9.17) is 4.74 Å². The van der Waals surface area contributed by atoms with Crippen LogP contribution in [0.5, 0.6) is 0 Å². The molecule has 1 aromatic rings. The van der Waals surface area contributed by atoms with Gasteiger partial charge in [0.15, 0.2) is 0 Å². The summed E-state index contributed by atoms with van der Waals surface area (Å²) in [7, 11) is 1.61. The Morgan fingerprint density at radius 2 is 2.29 bits per heavy atom. The van der Waals surface area contributed by atoms with Crippen molar-refractivity contribution in [2.45, 2.75) is 6.92 Å². The summed E-state index contributed by atoms with van der Waals surface area (Å²) in [5, 5.41) is 2.74. The summed E-state index contributed by atoms with van der Waals surface area (Å²) in [6.07, 6.45) is 0. The number of methoxy groups -OCH3 is 1. The van der Waals surface area contributed by atoms with Gasteiger partial charge in [-0.3, -0.25) is 4.79 Å². The molecule has 94 valence electrons. The third-order valence-corrected chi connectivity index (χ3v) is 2.93. The second-order valence-electron chi connectivity index (χ2n) is 3.89. The van der Waals surface area contributed by atoms with Crippen LogP contribution in [0.3, 0.4) is 0 Å². The molecular formula is C12H15BrFNO2. The molecule has 1 aromatic carbocycles. The molecular weight excluding hydrogens is 289 g/mol. The molecule has 0 aliphatic heterocycles. The van der Waals surface area contributed by atoms with Crippen molar-refractivity contribution in [3.63, 3.8) is 0 Å². The highest BCUT2D eigenvalue weighted by molar-refractivity contribution is 9.10. The Balaban J connectivity index is 2.61. The normalized spacial score (nSPS) is 12.2. The van der Waals surface area contributed by atoms with Gasteiger partial charge in [0.2, 0.25) is 0 Å². The average molecular weight is 304 g/mol. The molecule has 0 spiro atoms. The molecule has 1 unspecified atom stereocenters. The summed E-state index contributed by atoms with van der Waals surface area (Å²) in [6, 6.07) is 4.03. The Morgan fingerprint density at radius 3 is 2.94 bits per heavy atom. The second kappa shape index (κ2) is 6.71. The Hall–Kier alpha value is -0.940. The summed E-state index contributed by atoms with van der Waals surface area (Å²) in [5.41, 5.74) is 0.301. The molecule has 1 N–H and O–H groups in total. The third kappa shape index (κ3) is 4.44. The fourth-order valence-electron chi connectivity index (χ4n) is 1.38. The van der Waals surface area contributed by atoms with Crippen LogP contribution >= 0.6 is 15.9 Å². The average Bonchev–Trinajstić information content (AvgIpc) is 2.29. The highest BCUT2D eigenvalue weighted by atomic mass is 79.9. The largest absolute Gasteiger partial charge is 0.384 e. The number of ether oxygens (including phenoxy) is 1. The molecule has 0 fully saturated rings. The van der Waals surface area contributed by atoms with Gasteiger partial charge in [-0.1, -0.05) is 6.92 Å². The maximum Gasteiger partial charge on any atom is 0.252 e. The first-order valence-electron chi connectivity index (χ1n) is 5.26. The first-order chi connectivity index (χ1) is 8.04. The Morgan fingerprint density at radius 1 is 1.59 bits per heavy atom. The van der Waals surface area contributed by atoms with Gasteiger partial charge >= 0.3 is 0 Å². The molecule has 0 radical (unpaired) electrons. The van der Waals surface area contributed by atoms with E-state index in [0.29, 0.717) is 23.2 Å². The van der Waals surface area contributed by atoms with Crippen molar-refractivity contribution in [2.75, 3.05) is 20.3 Å². The lowest BCUT2D eigenvalue weighted by atomic mass is 10.1. The molecule has 0 heterocycles. The predicted octanol–water partition coefficient (Wildman–Crippen LogP) is 2.60. The van der Waals surface area contributed by atoms with Crippen molar-refractivity contribution < 1.29 is 13.9 Å². The zero-order chi connectivity index (χ0) is 12.8. The van der Waals surface area contributed by atoms with E-state index in [1.165, 1.54) is 18.2 Å². The number of benzene rings is 1. The molecule has 0 aliphatic carbocycles. The lowest BCUT2D eigenvalue weighted by Crippen LogP contribution is -2.30. The fraction of sp³-hybridized carbons (Fsp3) is 0.417. The van der Waals surface area contributed by atoms with Gasteiger partial charge < -0.3 is 10.1 Å². The molecule has 0 saturated heterocycles. The maximum atomic E-state index is 13.0. The van der Waals surface area contributed by atoms with Gasteiger partial charge in [-0.05, 0) is 40.0 Å². The number of nitrogens with one attached hydrogen (secondary N) is 1. The molecule has 1 rings (SSSR count). The van der Waals surface area contributed by atoms with Gasteiger partial charge in [0, 0.05) is 18.1 Å². The molecule has 0 aliphatic rings. The maximum absolute atomic E-state index is 13.0. The molecule has 1 amide bonds. The molecule has 0 aromatic heterocycles. The summed E-state index contributed by atoms with van der Waals surface area (Å²) in [6.45, 7) is 3.03. The van der Waals surface area contributed by atoms with Crippen molar-refractivity contribution in [1.29, 1.82) is 0 Å². The van der Waals surface area contributed by atoms with Crippen molar-refractivity contribution in [3.05, 3.63) is 34.1 Å². The van der Waals surface area contributed by atoms with Crippen LogP contribution in [0.4, 0.5) is 4.39 Å². The van der Waals surface area contributed by atoms with E-state index in [9.17, 15) is 9.18 Å². The Kier molecular flexibility index (Phi) is 5.58. The molecule has 5 heteroatoms. The van der Waals surface area contributed by atoms with Crippen LogP contribution in [-0.4, -0.2) is 26.2 Å². The van der Waals surface area contributed by atoms with Crippen LogP contribution in [0.25, 0.3) is 0 Å². The minimum Gasteiger partial charge on any atom is -0.384 e. The van der Waals surface area contributed by atoms with Crippen LogP contribution in [0.2, 0.25) is 0 Å². The van der Waals surface area contributed by atoms with E-state index >= 15 is 0 Å². The number of hydrogen-bond acceptors (Lipinski definition) is 2. The summed E-state index contributed by atoms with van der Waals surface area (Å²) in [5.74, 6) is -0.501. The molecule has 0 bridgehead atoms. The number of carbonyl (C=O) groups is 1. The number of halogens is 2. The second-order valence-corrected chi connectivity index (χ2v) is 4.75. The lowest BCUT2D eigenvalue weighted by molar-refractivity contribution is 0.0933. The number of rotatable bonds is 5. The SMILES string of the molecule is COCC(C)CNC(=O)c1cc(F)ccc1Br. The highest BCUT2D eigenvalue weighted by Gasteiger charge is 2.12. The summed E-state index contributed by atoms with van der Waals surface area (Å²) < 4.78 is 18.5. The van der Waals surface area contributed by atoms with Crippen molar-refractivity contribution in [1.82, 2.24) is 5.32 Å². The van der Waals surface area contributed by atoms with Crippen LogP contribution in [0.1, 0.15) is 17.3 Å². The Labute approximate surface area is 108 Å². The van der Waals surface area contributed by atoms with Crippen LogP contribution in [0.15, 0.2) is 22.7 Å². The van der Waals surface area contributed by atoms with E-state index in [1.807, 2.05) is 6.92 Å². The third-order valence-electron chi connectivity index (χ3n) is 2.24. The zero-order valence-electron chi connectivity index (χ0n) is 9.80. The monoisotopic (exact) mass is 303 g/mol. The minimum atomic E-state index is -0.428. The minimum absolute atomic E-state index is 0.219. The van der Waals surface area contributed by atoms with Gasteiger partial charge in [-0.15, -0.1) is 0 Å². The van der Waals surface area contributed by atoms with Crippen LogP contribution in [0, 0.1) is 11.7 Å². The van der Waals surface area contributed by atoms with Gasteiger partial charge in [-0.2, -0.15) is 0 Å². The van der Waals surface area contributed by atoms with E-state index in [1.54, 1.807) is 7.11 Å². The van der Waals surface area contributed by atoms with E-state index < -0.39 is 5.82 Å². The van der Waals surface area contributed by atoms with Gasteiger partial charge in [-0.25, -0.2) is 4.39 Å². The standard InChI is InChI=1S/C12H15BrFNO2/c1-8(7-17-2)6-15-12(16)10-5-9(14)3-4-11(10)13/h3-5,8H,6-7H2,1-2H3,(H,15,16). The number of amides is 1. The first kappa shape index (κ1) is 14.1. The Bertz CT molecular complexity index is 398. The van der Waals surface area contributed by atoms with E-state index in [0.717, 1.165) is 0 Å². The van der Waals surface area contributed by atoms with Crippen LogP contribution in [-0.2, 0) is 4.74 Å². The van der Waals surface area contributed by atoms with E-state index in [-0.39, 0.29) is 11.8 Å². The number of hydrogen-bond donors (Lipinski definition) is 1. The molecule has 17 heavy (non-hydrogen) atoms. The lowest BCUT2D eigenvalue weighted by Gasteiger charge is -2.12. The predicted molar refractivity (Wildman–Crippen MR) is 67.5 cm³/mol. The van der Waals surface area contributed by atoms with Crippen LogP contribution < -0.4 is 5.32 Å². The summed E-state index contributed by atoms with van der Waals surface area (Å²) >= 11 is 3.22. The van der Waals surface area contributed by atoms with Crippen molar-refractivity contribution >= 4 is 21.8 Å². The van der Waals surface area contributed by atoms with Crippen molar-refractivity contribution in [3.8, 4) is 0 Å². The van der Waals surface area contributed by atoms with Gasteiger partial charge in [0.25, 0.3) is 5.91 Å². The number of carbonyl (C=O) groups excluding carboxylic acids is 1.